The number of benzene rings is 2. The molecule has 0 aromatic heterocycles. The van der Waals surface area contributed by atoms with Gasteiger partial charge in [-0.25, -0.2) is 8.78 Å². The molecular formula is C21H23BCl2F2N2NaO5. The molecule has 3 radical (unpaired) electrons. The Hall–Kier alpha value is -1.78. The molecule has 3 N–H and O–H groups in total. The van der Waals surface area contributed by atoms with Gasteiger partial charge in [0.05, 0.1) is 16.7 Å². The summed E-state index contributed by atoms with van der Waals surface area (Å²) in [6, 6.07) is 5.26. The second kappa shape index (κ2) is 19.5. The molecule has 0 aliphatic rings. The molecular weight excluding hydrogens is 503 g/mol. The molecule has 0 saturated heterocycles. The summed E-state index contributed by atoms with van der Waals surface area (Å²) < 4.78 is 25.9. The normalized spacial score (nSPS) is 8.82. The van der Waals surface area contributed by atoms with E-state index in [1.54, 1.807) is 20.8 Å². The molecule has 2 aromatic carbocycles. The summed E-state index contributed by atoms with van der Waals surface area (Å²) in [5, 5.41) is 14.1. The van der Waals surface area contributed by atoms with Crippen molar-refractivity contribution in [2.75, 3.05) is 10.6 Å². The Morgan fingerprint density at radius 1 is 0.941 bits per heavy atom. The predicted octanol–water partition coefficient (Wildman–Crippen LogP) is 1.61. The zero-order chi connectivity index (χ0) is 24.8. The first-order valence-electron chi connectivity index (χ1n) is 9.18. The van der Waals surface area contributed by atoms with Gasteiger partial charge in [-0.3, -0.25) is 9.59 Å². The van der Waals surface area contributed by atoms with E-state index in [0.29, 0.717) is 29.8 Å². The van der Waals surface area contributed by atoms with Gasteiger partial charge in [0.15, 0.2) is 0 Å². The molecule has 0 bridgehead atoms. The molecule has 0 fully saturated rings. The Labute approximate surface area is 231 Å². The minimum absolute atomic E-state index is 0. The van der Waals surface area contributed by atoms with Gasteiger partial charge in [-0.05, 0) is 36.8 Å². The third kappa shape index (κ3) is 12.1. The van der Waals surface area contributed by atoms with E-state index in [4.69, 9.17) is 37.9 Å². The van der Waals surface area contributed by atoms with Gasteiger partial charge in [0.25, 0.3) is 0 Å². The molecule has 0 unspecified atom stereocenters. The number of rotatable bonds is 5. The Balaban J connectivity index is -0.000000229. The molecule has 2 amide bonds. The van der Waals surface area contributed by atoms with Gasteiger partial charge in [-0.15, -0.1) is 0 Å². The molecule has 7 nitrogen and oxygen atoms in total. The minimum atomic E-state index is -0.616. The van der Waals surface area contributed by atoms with E-state index in [9.17, 15) is 18.4 Å². The van der Waals surface area contributed by atoms with E-state index >= 15 is 0 Å². The summed E-state index contributed by atoms with van der Waals surface area (Å²) in [4.78, 5) is 38.4. The molecule has 0 spiro atoms. The van der Waals surface area contributed by atoms with Crippen LogP contribution in [-0.2, 0) is 25.8 Å². The molecule has 0 aliphatic carbocycles. The number of nitrogens with one attached hydrogen (secondary N) is 2. The van der Waals surface area contributed by atoms with Gasteiger partial charge in [-0.2, -0.15) is 9.59 Å². The van der Waals surface area contributed by atoms with Crippen LogP contribution in [0.1, 0.15) is 39.2 Å². The quantitative estimate of drug-likeness (QED) is 0.513. The third-order valence-corrected chi connectivity index (χ3v) is 4.76. The number of amides is 2. The Bertz CT molecular complexity index is 1000. The number of aliphatic hydroxyl groups excluding tert-OH is 1. The first-order chi connectivity index (χ1) is 15.1. The molecule has 2 rings (SSSR count). The van der Waals surface area contributed by atoms with Crippen molar-refractivity contribution in [3.8, 4) is 0 Å². The van der Waals surface area contributed by atoms with Crippen LogP contribution in [0.3, 0.4) is 0 Å². The van der Waals surface area contributed by atoms with E-state index < -0.39 is 18.2 Å². The first-order valence-corrected chi connectivity index (χ1v) is 9.94. The Kier molecular flexibility index (Phi) is 21.1. The summed E-state index contributed by atoms with van der Waals surface area (Å²) >= 11 is 11.3. The number of carbonyl (C=O) groups is 2. The van der Waals surface area contributed by atoms with Gasteiger partial charge in [0.2, 0.25) is 11.8 Å². The summed E-state index contributed by atoms with van der Waals surface area (Å²) in [5.41, 5.74) is 1.64. The van der Waals surface area contributed by atoms with E-state index in [-0.39, 0.29) is 73.0 Å². The Morgan fingerprint density at radius 2 is 1.32 bits per heavy atom. The summed E-state index contributed by atoms with van der Waals surface area (Å²) in [6.45, 7) is 4.68. The van der Waals surface area contributed by atoms with Gasteiger partial charge < -0.3 is 17.2 Å². The maximum atomic E-state index is 13.0. The fraction of sp³-hybridized carbons (Fsp3) is 0.286. The topological polar surface area (TPSA) is 113 Å². The molecule has 0 saturated carbocycles. The maximum absolute atomic E-state index is 13.0. The first kappa shape index (κ1) is 36.8. The second-order valence-electron chi connectivity index (χ2n) is 5.97. The van der Waals surface area contributed by atoms with E-state index in [1.165, 1.54) is 18.2 Å². The molecule has 0 aliphatic heterocycles. The van der Waals surface area contributed by atoms with Crippen LogP contribution in [0.15, 0.2) is 24.3 Å². The van der Waals surface area contributed by atoms with Crippen molar-refractivity contribution in [3.05, 3.63) is 57.1 Å². The fourth-order valence-corrected chi connectivity index (χ4v) is 2.52. The van der Waals surface area contributed by atoms with Crippen LogP contribution in [-0.4, -0.2) is 31.5 Å². The average Bonchev–Trinajstić information content (AvgIpc) is 2.77. The van der Waals surface area contributed by atoms with E-state index in [0.717, 1.165) is 6.07 Å². The van der Waals surface area contributed by atoms with Crippen LogP contribution in [0.4, 0.5) is 20.2 Å². The largest absolute Gasteiger partial charge is 1.00 e. The van der Waals surface area contributed by atoms with Gasteiger partial charge in [0, 0.05) is 38.2 Å². The van der Waals surface area contributed by atoms with E-state index in [1.807, 2.05) is 0 Å². The van der Waals surface area contributed by atoms with Crippen molar-refractivity contribution in [2.24, 2.45) is 0 Å². The zero-order valence-electron chi connectivity index (χ0n) is 20.1. The van der Waals surface area contributed by atoms with Crippen LogP contribution in [0.5, 0.6) is 0 Å². The predicted molar refractivity (Wildman–Crippen MR) is 123 cm³/mol. The molecule has 0 atom stereocenters. The SMILES string of the molecule is CCC(=O)Nc1ccc(F)c(Cl)c1C.CCC(=O)Nc1ccc(F)c(Cl)c1CO.O=C=O.[B].[H-].[Na+]. The van der Waals surface area contributed by atoms with Crippen molar-refractivity contribution in [1.29, 1.82) is 0 Å². The van der Waals surface area contributed by atoms with Crippen molar-refractivity contribution in [3.63, 3.8) is 0 Å². The Morgan fingerprint density at radius 3 is 1.74 bits per heavy atom. The van der Waals surface area contributed by atoms with Crippen molar-refractivity contribution in [1.82, 2.24) is 0 Å². The molecule has 2 aromatic rings. The molecule has 179 valence electrons. The number of aliphatic hydroxyl groups is 1. The molecule has 34 heavy (non-hydrogen) atoms. The fourth-order valence-electron chi connectivity index (χ4n) is 2.13. The maximum Gasteiger partial charge on any atom is 1.00 e. The number of anilines is 2. The monoisotopic (exact) mass is 525 g/mol. The van der Waals surface area contributed by atoms with Crippen molar-refractivity contribution >= 4 is 61.0 Å². The third-order valence-electron chi connectivity index (χ3n) is 3.88. The number of carbonyl (C=O) groups excluding carboxylic acids is 4. The smallest absolute Gasteiger partial charge is 1.00 e. The van der Waals surface area contributed by atoms with Gasteiger partial charge in [0.1, 0.15) is 11.6 Å². The van der Waals surface area contributed by atoms with Crippen LogP contribution in [0, 0.1) is 18.6 Å². The van der Waals surface area contributed by atoms with Crippen LogP contribution in [0.25, 0.3) is 0 Å². The van der Waals surface area contributed by atoms with Crippen LogP contribution in [0.2, 0.25) is 10.0 Å². The summed E-state index contributed by atoms with van der Waals surface area (Å²) in [6.07, 6.45) is 0.939. The van der Waals surface area contributed by atoms with E-state index in [2.05, 4.69) is 10.6 Å². The number of halogens is 4. The minimum Gasteiger partial charge on any atom is -1.00 e. The number of hydrogen-bond acceptors (Lipinski definition) is 5. The van der Waals surface area contributed by atoms with Crippen LogP contribution < -0.4 is 40.2 Å². The number of hydrogen-bond donors (Lipinski definition) is 3. The average molecular weight is 526 g/mol. The summed E-state index contributed by atoms with van der Waals surface area (Å²) in [5.74, 6) is -1.42. The second-order valence-corrected chi connectivity index (χ2v) is 6.72. The molecule has 0 heterocycles. The van der Waals surface area contributed by atoms with Gasteiger partial charge >= 0.3 is 35.7 Å². The zero-order valence-corrected chi connectivity index (χ0v) is 22.6. The van der Waals surface area contributed by atoms with Crippen LogP contribution >= 0.6 is 23.2 Å². The molecule has 13 heteroatoms. The van der Waals surface area contributed by atoms with Gasteiger partial charge in [-0.1, -0.05) is 37.0 Å². The summed E-state index contributed by atoms with van der Waals surface area (Å²) in [7, 11) is 0. The standard InChI is InChI=1S/C10H11ClFNO2.C10H11ClFNO.CO2.B.Na.H/c1-2-9(15)13-8-4-3-7(12)10(11)6(8)5-14;1-3-9(14)13-8-5-4-7(12)10(11)6(8)2;2-1-3;;;/h3-4,14H,2,5H2,1H3,(H,13,15);4-5H,3H2,1-2H3,(H,13,14);;;;/q;;;;+1;-1. The van der Waals surface area contributed by atoms with Crippen molar-refractivity contribution in [2.45, 2.75) is 40.2 Å². The van der Waals surface area contributed by atoms with Crippen molar-refractivity contribution < 1.29 is 64.0 Å².